The van der Waals surface area contributed by atoms with E-state index in [9.17, 15) is 13.2 Å². The number of hydrogen-bond donors (Lipinski definition) is 2. The third-order valence-electron chi connectivity index (χ3n) is 2.49. The molecule has 126 valence electrons. The first-order valence-electron chi connectivity index (χ1n) is 6.63. The van der Waals surface area contributed by atoms with E-state index in [1.54, 1.807) is 0 Å². The van der Waals surface area contributed by atoms with Gasteiger partial charge < -0.3 is 5.32 Å². The summed E-state index contributed by atoms with van der Waals surface area (Å²) >= 11 is 12.2. The molecule has 0 aliphatic heterocycles. The zero-order chi connectivity index (χ0) is 17.3. The molecule has 0 aliphatic carbocycles. The number of amides is 1. The Morgan fingerprint density at radius 3 is 2.14 bits per heavy atom. The topological polar surface area (TPSA) is 83.5 Å². The summed E-state index contributed by atoms with van der Waals surface area (Å²) in [5.41, 5.74) is 2.19. The maximum absolute atomic E-state index is 9.91. The lowest BCUT2D eigenvalue weighted by molar-refractivity contribution is -0.109. The summed E-state index contributed by atoms with van der Waals surface area (Å²) in [5, 5.41) is 3.67. The first kappa shape index (κ1) is 21.2. The molecule has 0 bridgehead atoms. The van der Waals surface area contributed by atoms with Gasteiger partial charge in [0, 0.05) is 16.6 Å². The van der Waals surface area contributed by atoms with Gasteiger partial charge in [-0.25, -0.2) is 0 Å². The Kier molecular flexibility index (Phi) is 9.67. The number of benzene rings is 1. The molecule has 1 aromatic carbocycles. The summed E-state index contributed by atoms with van der Waals surface area (Å²) in [5.74, 6) is 0.142. The van der Waals surface area contributed by atoms with E-state index < -0.39 is 15.9 Å². The summed E-state index contributed by atoms with van der Waals surface area (Å²) in [6.45, 7) is 6.26. The average molecular weight is 370 g/mol. The van der Waals surface area contributed by atoms with E-state index in [1.807, 2.05) is 19.1 Å². The maximum atomic E-state index is 9.91. The third-order valence-corrected chi connectivity index (χ3v) is 3.88. The minimum atomic E-state index is -3.92. The summed E-state index contributed by atoms with van der Waals surface area (Å²) in [7, 11) is -3.92. The molecule has 1 aromatic rings. The Bertz CT molecular complexity index is 566. The van der Waals surface area contributed by atoms with Gasteiger partial charge in [-0.2, -0.15) is 8.42 Å². The minimum Gasteiger partial charge on any atom is -0.358 e. The molecule has 0 aromatic heterocycles. The molecule has 2 N–H and O–H groups in total. The molecule has 5 nitrogen and oxygen atoms in total. The van der Waals surface area contributed by atoms with E-state index in [4.69, 9.17) is 27.8 Å². The van der Waals surface area contributed by atoms with Crippen molar-refractivity contribution in [1.82, 2.24) is 5.32 Å². The Morgan fingerprint density at radius 2 is 1.77 bits per heavy atom. The Labute approximate surface area is 141 Å². The molecule has 8 heteroatoms. The zero-order valence-electron chi connectivity index (χ0n) is 12.8. The van der Waals surface area contributed by atoms with Crippen LogP contribution in [0.25, 0.3) is 0 Å². The monoisotopic (exact) mass is 369 g/mol. The van der Waals surface area contributed by atoms with Crippen molar-refractivity contribution in [2.24, 2.45) is 5.92 Å². The SMILES string of the molecule is Cc1cc(Cl)c(CC(C)C)c(Cl)c1.O=CNCCS(=O)(=O)O. The van der Waals surface area contributed by atoms with Crippen molar-refractivity contribution in [1.29, 1.82) is 0 Å². The molecule has 0 radical (unpaired) electrons. The molecule has 0 aliphatic rings. The molecule has 1 rings (SSSR count). The van der Waals surface area contributed by atoms with Gasteiger partial charge in [-0.15, -0.1) is 0 Å². The summed E-state index contributed by atoms with van der Waals surface area (Å²) < 4.78 is 27.9. The van der Waals surface area contributed by atoms with Gasteiger partial charge in [-0.1, -0.05) is 37.0 Å². The predicted molar refractivity (Wildman–Crippen MR) is 90.2 cm³/mol. The number of aryl methyl sites for hydroxylation is 1. The average Bonchev–Trinajstić information content (AvgIpc) is 2.33. The predicted octanol–water partition coefficient (Wildman–Crippen LogP) is 3.12. The molecule has 22 heavy (non-hydrogen) atoms. The lowest BCUT2D eigenvalue weighted by Gasteiger charge is -2.10. The van der Waals surface area contributed by atoms with Gasteiger partial charge in [-0.05, 0) is 42.5 Å². The van der Waals surface area contributed by atoms with Crippen molar-refractivity contribution in [2.75, 3.05) is 12.3 Å². The normalized spacial score (nSPS) is 10.9. The number of carbonyl (C=O) groups excluding carboxylic acids is 1. The van der Waals surface area contributed by atoms with Crippen LogP contribution in [0.15, 0.2) is 12.1 Å². The van der Waals surface area contributed by atoms with Crippen LogP contribution in [0.5, 0.6) is 0 Å². The lowest BCUT2D eigenvalue weighted by Crippen LogP contribution is -2.20. The smallest absolute Gasteiger partial charge is 0.266 e. The van der Waals surface area contributed by atoms with Crippen LogP contribution < -0.4 is 5.32 Å². The minimum absolute atomic E-state index is 0.0532. The van der Waals surface area contributed by atoms with Crippen LogP contribution in [0.2, 0.25) is 10.0 Å². The number of halogens is 2. The van der Waals surface area contributed by atoms with Crippen molar-refractivity contribution in [3.8, 4) is 0 Å². The van der Waals surface area contributed by atoms with Crippen LogP contribution in [0.3, 0.4) is 0 Å². The molecular weight excluding hydrogens is 349 g/mol. The van der Waals surface area contributed by atoms with Crippen molar-refractivity contribution in [2.45, 2.75) is 27.2 Å². The van der Waals surface area contributed by atoms with Gasteiger partial charge in [0.15, 0.2) is 0 Å². The van der Waals surface area contributed by atoms with E-state index in [0.29, 0.717) is 12.3 Å². The second-order valence-electron chi connectivity index (χ2n) is 5.16. The van der Waals surface area contributed by atoms with Crippen molar-refractivity contribution in [3.63, 3.8) is 0 Å². The largest absolute Gasteiger partial charge is 0.358 e. The number of hydrogen-bond acceptors (Lipinski definition) is 3. The van der Waals surface area contributed by atoms with Crippen molar-refractivity contribution >= 4 is 39.7 Å². The summed E-state index contributed by atoms with van der Waals surface area (Å²) in [6.07, 6.45) is 1.31. The van der Waals surface area contributed by atoms with Crippen LogP contribution in [-0.4, -0.2) is 31.7 Å². The van der Waals surface area contributed by atoms with E-state index >= 15 is 0 Å². The van der Waals surface area contributed by atoms with Crippen LogP contribution in [-0.2, 0) is 21.3 Å². The second kappa shape index (κ2) is 10.0. The van der Waals surface area contributed by atoms with Gasteiger partial charge in [0.25, 0.3) is 10.1 Å². The van der Waals surface area contributed by atoms with Crippen LogP contribution >= 0.6 is 23.2 Å². The van der Waals surface area contributed by atoms with E-state index in [1.165, 1.54) is 0 Å². The molecule has 0 heterocycles. The van der Waals surface area contributed by atoms with E-state index in [0.717, 1.165) is 27.6 Å². The molecular formula is C14H21Cl2NO4S. The highest BCUT2D eigenvalue weighted by Crippen LogP contribution is 2.28. The van der Waals surface area contributed by atoms with Gasteiger partial charge >= 0.3 is 0 Å². The molecule has 0 unspecified atom stereocenters. The number of nitrogens with one attached hydrogen (secondary N) is 1. The van der Waals surface area contributed by atoms with Crippen LogP contribution in [0, 0.1) is 12.8 Å². The quantitative estimate of drug-likeness (QED) is 0.458. The zero-order valence-corrected chi connectivity index (χ0v) is 15.1. The van der Waals surface area contributed by atoms with E-state index in [-0.39, 0.29) is 6.54 Å². The second-order valence-corrected chi connectivity index (χ2v) is 7.55. The highest BCUT2D eigenvalue weighted by Gasteiger charge is 2.08. The molecule has 0 saturated heterocycles. The fourth-order valence-corrected chi connectivity index (χ4v) is 2.71. The maximum Gasteiger partial charge on any atom is 0.266 e. The third kappa shape index (κ3) is 10.00. The Hall–Kier alpha value is -0.820. The summed E-state index contributed by atoms with van der Waals surface area (Å²) in [4.78, 5) is 9.50. The fourth-order valence-electron chi connectivity index (χ4n) is 1.58. The molecule has 0 spiro atoms. The van der Waals surface area contributed by atoms with Crippen molar-refractivity contribution < 1.29 is 17.8 Å². The highest BCUT2D eigenvalue weighted by molar-refractivity contribution is 7.85. The van der Waals surface area contributed by atoms with Crippen LogP contribution in [0.1, 0.15) is 25.0 Å². The first-order chi connectivity index (χ1) is 10.1. The molecule has 0 fully saturated rings. The van der Waals surface area contributed by atoms with Gasteiger partial charge in [0.1, 0.15) is 0 Å². The fraction of sp³-hybridized carbons (Fsp3) is 0.500. The molecule has 0 saturated carbocycles. The number of rotatable bonds is 6. The molecule has 0 atom stereocenters. The Balaban J connectivity index is 0.000000433. The summed E-state index contributed by atoms with van der Waals surface area (Å²) in [6, 6.07) is 3.93. The first-order valence-corrected chi connectivity index (χ1v) is 9.00. The molecule has 1 amide bonds. The van der Waals surface area contributed by atoms with Gasteiger partial charge in [-0.3, -0.25) is 9.35 Å². The Morgan fingerprint density at radius 1 is 1.27 bits per heavy atom. The van der Waals surface area contributed by atoms with Crippen molar-refractivity contribution in [3.05, 3.63) is 33.3 Å². The highest BCUT2D eigenvalue weighted by atomic mass is 35.5. The van der Waals surface area contributed by atoms with E-state index in [2.05, 4.69) is 19.2 Å². The number of carbonyl (C=O) groups is 1. The van der Waals surface area contributed by atoms with Gasteiger partial charge in [0.05, 0.1) is 5.75 Å². The van der Waals surface area contributed by atoms with Gasteiger partial charge in [0.2, 0.25) is 6.41 Å². The van der Waals surface area contributed by atoms with Crippen LogP contribution in [0.4, 0.5) is 0 Å². The standard InChI is InChI=1S/C11H14Cl2.C3H7NO4S/c1-7(2)4-9-10(12)5-8(3)6-11(9)13;5-3-4-1-2-9(6,7)8/h5-7H,4H2,1-3H3;3H,1-2H2,(H,4,5)(H,6,7,8). The lowest BCUT2D eigenvalue weighted by atomic mass is 10.0.